The van der Waals surface area contributed by atoms with E-state index in [1.54, 1.807) is 0 Å². The fourth-order valence-electron chi connectivity index (χ4n) is 4.42. The maximum Gasteiger partial charge on any atom is 0.236 e. The normalized spacial score (nSPS) is 26.2. The lowest BCUT2D eigenvalue weighted by Crippen LogP contribution is -2.53. The third-order valence-electron chi connectivity index (χ3n) is 6.18. The molecule has 1 aliphatic heterocycles. The smallest absolute Gasteiger partial charge is 0.236 e. The quantitative estimate of drug-likeness (QED) is 0.879. The topological polar surface area (TPSA) is 52.7 Å². The second-order valence-electron chi connectivity index (χ2n) is 7.93. The summed E-state index contributed by atoms with van der Waals surface area (Å²) in [6, 6.07) is 10.9. The van der Waals surface area contributed by atoms with E-state index in [0.717, 1.165) is 6.42 Å². The Labute approximate surface area is 155 Å². The summed E-state index contributed by atoms with van der Waals surface area (Å²) in [7, 11) is 0. The number of hydrogen-bond acceptors (Lipinski definition) is 3. The molecule has 1 heterocycles. The minimum atomic E-state index is 0.142. The van der Waals surface area contributed by atoms with Gasteiger partial charge in [-0.2, -0.15) is 0 Å². The molecule has 3 aliphatic rings. The van der Waals surface area contributed by atoms with Crippen LogP contribution in [0.4, 0.5) is 0 Å². The van der Waals surface area contributed by atoms with Crippen LogP contribution in [0.25, 0.3) is 0 Å². The van der Waals surface area contributed by atoms with Gasteiger partial charge in [-0.3, -0.25) is 9.59 Å². The minimum Gasteiger partial charge on any atom is -0.339 e. The van der Waals surface area contributed by atoms with Crippen LogP contribution in [0.2, 0.25) is 0 Å². The van der Waals surface area contributed by atoms with E-state index in [4.69, 9.17) is 0 Å². The molecule has 2 amide bonds. The molecule has 3 fully saturated rings. The van der Waals surface area contributed by atoms with Crippen LogP contribution in [-0.2, 0) is 9.59 Å². The van der Waals surface area contributed by atoms with E-state index in [-0.39, 0.29) is 17.7 Å². The monoisotopic (exact) mass is 355 g/mol. The molecule has 1 saturated heterocycles. The first-order valence-electron chi connectivity index (χ1n) is 10.1. The van der Waals surface area contributed by atoms with Gasteiger partial charge >= 0.3 is 0 Å². The molecule has 4 rings (SSSR count). The summed E-state index contributed by atoms with van der Waals surface area (Å²) in [5, 5.41) is 3.39. The Morgan fingerprint density at radius 1 is 0.962 bits per heavy atom. The summed E-state index contributed by atoms with van der Waals surface area (Å²) in [6.07, 6.45) is 5.90. The highest BCUT2D eigenvalue weighted by Gasteiger charge is 2.46. The van der Waals surface area contributed by atoms with Crippen molar-refractivity contribution in [2.75, 3.05) is 32.7 Å². The van der Waals surface area contributed by atoms with E-state index in [9.17, 15) is 9.59 Å². The van der Waals surface area contributed by atoms with Crippen molar-refractivity contribution in [3.05, 3.63) is 35.9 Å². The highest BCUT2D eigenvalue weighted by atomic mass is 16.2. The zero-order chi connectivity index (χ0) is 17.9. The molecule has 0 unspecified atom stereocenters. The molecule has 26 heavy (non-hydrogen) atoms. The van der Waals surface area contributed by atoms with Crippen molar-refractivity contribution in [2.45, 2.75) is 44.1 Å². The van der Waals surface area contributed by atoms with Crippen molar-refractivity contribution in [2.24, 2.45) is 5.92 Å². The molecule has 0 radical (unpaired) electrons. The average molecular weight is 355 g/mol. The third-order valence-corrected chi connectivity index (χ3v) is 6.18. The van der Waals surface area contributed by atoms with Crippen LogP contribution < -0.4 is 5.32 Å². The summed E-state index contributed by atoms with van der Waals surface area (Å²) in [6.45, 7) is 3.12. The number of piperazine rings is 1. The molecular formula is C21H29N3O2. The van der Waals surface area contributed by atoms with E-state index < -0.39 is 0 Å². The number of rotatable bonds is 5. The highest BCUT2D eigenvalue weighted by Crippen LogP contribution is 2.48. The van der Waals surface area contributed by atoms with Gasteiger partial charge in [-0.25, -0.2) is 0 Å². The van der Waals surface area contributed by atoms with Crippen LogP contribution in [0.1, 0.15) is 43.6 Å². The molecule has 1 aromatic carbocycles. The Morgan fingerprint density at radius 3 is 2.31 bits per heavy atom. The van der Waals surface area contributed by atoms with Crippen molar-refractivity contribution in [3.63, 3.8) is 0 Å². The molecular weight excluding hydrogens is 326 g/mol. The first-order valence-corrected chi connectivity index (χ1v) is 10.1. The highest BCUT2D eigenvalue weighted by molar-refractivity contribution is 5.84. The fourth-order valence-corrected chi connectivity index (χ4v) is 4.42. The lowest BCUT2D eigenvalue weighted by molar-refractivity contribution is -0.140. The second kappa shape index (κ2) is 7.78. The zero-order valence-corrected chi connectivity index (χ0v) is 15.4. The van der Waals surface area contributed by atoms with Gasteiger partial charge in [-0.15, -0.1) is 0 Å². The van der Waals surface area contributed by atoms with E-state index in [0.29, 0.717) is 44.7 Å². The molecule has 0 bridgehead atoms. The molecule has 5 heteroatoms. The standard InChI is InChI=1S/C21H29N3O2/c25-20(15-22-17-8-4-5-9-17)23-10-12-24(13-11-23)21(26)19-14-18(19)16-6-2-1-3-7-16/h1-3,6-7,17-19,22H,4-5,8-15H2/t18-,19+/m1/s1. The maximum atomic E-state index is 12.7. The molecule has 2 atom stereocenters. The number of nitrogens with zero attached hydrogens (tertiary/aromatic N) is 2. The summed E-state index contributed by atoms with van der Waals surface area (Å²) >= 11 is 0. The molecule has 1 N–H and O–H groups in total. The Kier molecular flexibility index (Phi) is 5.25. The van der Waals surface area contributed by atoms with Gasteiger partial charge < -0.3 is 15.1 Å². The van der Waals surface area contributed by atoms with Crippen LogP contribution in [0.5, 0.6) is 0 Å². The Bertz CT molecular complexity index is 634. The number of hydrogen-bond donors (Lipinski definition) is 1. The molecule has 140 valence electrons. The predicted molar refractivity (Wildman–Crippen MR) is 101 cm³/mol. The lowest BCUT2D eigenvalue weighted by Gasteiger charge is -2.35. The predicted octanol–water partition coefficient (Wildman–Crippen LogP) is 1.99. The van der Waals surface area contributed by atoms with Crippen LogP contribution >= 0.6 is 0 Å². The van der Waals surface area contributed by atoms with Gasteiger partial charge in [-0.1, -0.05) is 43.2 Å². The second-order valence-corrected chi connectivity index (χ2v) is 7.93. The van der Waals surface area contributed by atoms with Gasteiger partial charge in [0.05, 0.1) is 6.54 Å². The summed E-state index contributed by atoms with van der Waals surface area (Å²) < 4.78 is 0. The molecule has 2 saturated carbocycles. The number of amides is 2. The van der Waals surface area contributed by atoms with Gasteiger partial charge in [0, 0.05) is 38.1 Å². The molecule has 1 aromatic rings. The lowest BCUT2D eigenvalue weighted by atomic mass is 10.1. The van der Waals surface area contributed by atoms with E-state index in [1.165, 1.54) is 31.2 Å². The van der Waals surface area contributed by atoms with Crippen molar-refractivity contribution in [1.29, 1.82) is 0 Å². The van der Waals surface area contributed by atoms with Crippen molar-refractivity contribution in [3.8, 4) is 0 Å². The third kappa shape index (κ3) is 3.93. The van der Waals surface area contributed by atoms with Crippen molar-refractivity contribution < 1.29 is 9.59 Å². The Hall–Kier alpha value is -1.88. The van der Waals surface area contributed by atoms with Gasteiger partial charge in [-0.05, 0) is 30.7 Å². The largest absolute Gasteiger partial charge is 0.339 e. The molecule has 0 aromatic heterocycles. The van der Waals surface area contributed by atoms with Gasteiger partial charge in [0.15, 0.2) is 0 Å². The van der Waals surface area contributed by atoms with Crippen LogP contribution in [0.15, 0.2) is 30.3 Å². The SMILES string of the molecule is O=C(CNC1CCCC1)N1CCN(C(=O)[C@H]2C[C@@H]2c2ccccc2)CC1. The minimum absolute atomic E-state index is 0.142. The maximum absolute atomic E-state index is 12.7. The fraction of sp³-hybridized carbons (Fsp3) is 0.619. The van der Waals surface area contributed by atoms with Gasteiger partial charge in [0.1, 0.15) is 0 Å². The Morgan fingerprint density at radius 2 is 1.62 bits per heavy atom. The van der Waals surface area contributed by atoms with E-state index >= 15 is 0 Å². The van der Waals surface area contributed by atoms with Gasteiger partial charge in [0.25, 0.3) is 0 Å². The zero-order valence-electron chi connectivity index (χ0n) is 15.4. The van der Waals surface area contributed by atoms with E-state index in [2.05, 4.69) is 17.4 Å². The molecule has 0 spiro atoms. The summed E-state index contributed by atoms with van der Waals surface area (Å²) in [5.74, 6) is 0.982. The number of nitrogens with one attached hydrogen (secondary N) is 1. The first kappa shape index (κ1) is 17.5. The van der Waals surface area contributed by atoms with E-state index in [1.807, 2.05) is 28.0 Å². The first-order chi connectivity index (χ1) is 12.7. The number of benzene rings is 1. The Balaban J connectivity index is 1.21. The van der Waals surface area contributed by atoms with Crippen LogP contribution in [-0.4, -0.2) is 60.4 Å². The molecule has 5 nitrogen and oxygen atoms in total. The summed E-state index contributed by atoms with van der Waals surface area (Å²) in [5.41, 5.74) is 1.28. The molecule has 2 aliphatic carbocycles. The van der Waals surface area contributed by atoms with Crippen molar-refractivity contribution >= 4 is 11.8 Å². The number of carbonyl (C=O) groups is 2. The van der Waals surface area contributed by atoms with Gasteiger partial charge in [0.2, 0.25) is 11.8 Å². The summed E-state index contributed by atoms with van der Waals surface area (Å²) in [4.78, 5) is 29.0. The van der Waals surface area contributed by atoms with Crippen LogP contribution in [0.3, 0.4) is 0 Å². The van der Waals surface area contributed by atoms with Crippen LogP contribution in [0, 0.1) is 5.92 Å². The number of carbonyl (C=O) groups excluding carboxylic acids is 2. The van der Waals surface area contributed by atoms with Crippen molar-refractivity contribution in [1.82, 2.24) is 15.1 Å². The average Bonchev–Trinajstić information content (AvgIpc) is 3.33.